The predicted octanol–water partition coefficient (Wildman–Crippen LogP) is 4.95. The van der Waals surface area contributed by atoms with E-state index in [2.05, 4.69) is 0 Å². The van der Waals surface area contributed by atoms with Crippen molar-refractivity contribution in [3.05, 3.63) is 99.9 Å². The Morgan fingerprint density at radius 1 is 0.906 bits per heavy atom. The van der Waals surface area contributed by atoms with E-state index in [1.807, 2.05) is 31.2 Å². The van der Waals surface area contributed by atoms with Gasteiger partial charge in [-0.05, 0) is 61.0 Å². The van der Waals surface area contributed by atoms with Crippen molar-refractivity contribution in [1.29, 1.82) is 0 Å². The molecule has 1 aliphatic heterocycles. The molecular weight excluding hydrogens is 406 g/mol. The first-order valence-electron chi connectivity index (χ1n) is 10.4. The van der Waals surface area contributed by atoms with E-state index in [0.717, 1.165) is 11.3 Å². The fourth-order valence-electron chi connectivity index (χ4n) is 4.16. The number of methoxy groups -OCH3 is 1. The standard InChI is InChI=1S/C26H21NO5/c1-3-31-19-12-8-16(9-13-19)23-22-24(28)20-6-4-5-7-21(20)32-25(22)26(29)27(23)17-10-14-18(30-2)15-11-17/h4-15,23H,3H2,1-2H3. The zero-order valence-corrected chi connectivity index (χ0v) is 17.7. The average molecular weight is 427 g/mol. The molecule has 0 aliphatic carbocycles. The van der Waals surface area contributed by atoms with Crippen molar-refractivity contribution in [2.45, 2.75) is 13.0 Å². The first kappa shape index (κ1) is 19.9. The summed E-state index contributed by atoms with van der Waals surface area (Å²) < 4.78 is 16.8. The van der Waals surface area contributed by atoms with Gasteiger partial charge in [0, 0.05) is 5.69 Å². The van der Waals surface area contributed by atoms with Gasteiger partial charge in [-0.1, -0.05) is 24.3 Å². The summed E-state index contributed by atoms with van der Waals surface area (Å²) in [5, 5.41) is 0.451. The normalized spacial score (nSPS) is 15.1. The maximum atomic E-state index is 13.5. The van der Waals surface area contributed by atoms with Crippen LogP contribution in [0.25, 0.3) is 11.0 Å². The SMILES string of the molecule is CCOc1ccc(C2c3c(oc4ccccc4c3=O)C(=O)N2c2ccc(OC)cc2)cc1. The second-order valence-electron chi connectivity index (χ2n) is 7.45. The lowest BCUT2D eigenvalue weighted by Gasteiger charge is -2.25. The van der Waals surface area contributed by atoms with Crippen LogP contribution in [0.4, 0.5) is 5.69 Å². The molecule has 3 aromatic carbocycles. The van der Waals surface area contributed by atoms with Gasteiger partial charge in [-0.15, -0.1) is 0 Å². The van der Waals surface area contributed by atoms with Gasteiger partial charge in [0.05, 0.1) is 30.7 Å². The van der Waals surface area contributed by atoms with Gasteiger partial charge in [0.15, 0.2) is 5.43 Å². The van der Waals surface area contributed by atoms with Crippen molar-refractivity contribution < 1.29 is 18.7 Å². The molecule has 4 aromatic rings. The maximum absolute atomic E-state index is 13.5. The van der Waals surface area contributed by atoms with Gasteiger partial charge in [0.1, 0.15) is 17.1 Å². The number of benzene rings is 3. The molecule has 1 aromatic heterocycles. The fourth-order valence-corrected chi connectivity index (χ4v) is 4.16. The Bertz CT molecular complexity index is 1360. The van der Waals surface area contributed by atoms with Crippen LogP contribution in [-0.2, 0) is 0 Å². The van der Waals surface area contributed by atoms with Crippen molar-refractivity contribution in [2.75, 3.05) is 18.6 Å². The Morgan fingerprint density at radius 2 is 1.59 bits per heavy atom. The number of anilines is 1. The first-order valence-corrected chi connectivity index (χ1v) is 10.4. The van der Waals surface area contributed by atoms with E-state index in [0.29, 0.717) is 34.6 Å². The minimum Gasteiger partial charge on any atom is -0.497 e. The minimum absolute atomic E-state index is 0.0726. The molecule has 1 atom stereocenters. The average Bonchev–Trinajstić information content (AvgIpc) is 3.12. The summed E-state index contributed by atoms with van der Waals surface area (Å²) in [7, 11) is 1.59. The van der Waals surface area contributed by atoms with Gasteiger partial charge in [-0.25, -0.2) is 0 Å². The van der Waals surface area contributed by atoms with Crippen LogP contribution in [0.5, 0.6) is 11.5 Å². The predicted molar refractivity (Wildman–Crippen MR) is 122 cm³/mol. The van der Waals surface area contributed by atoms with Crippen LogP contribution in [0, 0.1) is 0 Å². The van der Waals surface area contributed by atoms with E-state index in [9.17, 15) is 9.59 Å². The summed E-state index contributed by atoms with van der Waals surface area (Å²) in [5.41, 5.74) is 1.97. The summed E-state index contributed by atoms with van der Waals surface area (Å²) in [6, 6.07) is 21.0. The fraction of sp³-hybridized carbons (Fsp3) is 0.154. The zero-order valence-electron chi connectivity index (χ0n) is 17.7. The van der Waals surface area contributed by atoms with Crippen LogP contribution in [0.3, 0.4) is 0 Å². The second-order valence-corrected chi connectivity index (χ2v) is 7.45. The summed E-state index contributed by atoms with van der Waals surface area (Å²) in [6.07, 6.45) is 0. The van der Waals surface area contributed by atoms with Crippen molar-refractivity contribution in [3.63, 3.8) is 0 Å². The molecule has 32 heavy (non-hydrogen) atoms. The molecule has 1 unspecified atom stereocenters. The van der Waals surface area contributed by atoms with Gasteiger partial charge in [0.2, 0.25) is 5.76 Å². The molecule has 0 saturated heterocycles. The summed E-state index contributed by atoms with van der Waals surface area (Å²) in [5.74, 6) is 1.12. The second kappa shape index (κ2) is 7.89. The summed E-state index contributed by atoms with van der Waals surface area (Å²) in [4.78, 5) is 28.7. The molecule has 0 fully saturated rings. The summed E-state index contributed by atoms with van der Waals surface area (Å²) >= 11 is 0. The minimum atomic E-state index is -0.623. The van der Waals surface area contributed by atoms with Crippen LogP contribution < -0.4 is 19.8 Å². The van der Waals surface area contributed by atoms with Gasteiger partial charge in [-0.2, -0.15) is 0 Å². The third-order valence-corrected chi connectivity index (χ3v) is 5.64. The van der Waals surface area contributed by atoms with Crippen LogP contribution >= 0.6 is 0 Å². The lowest BCUT2D eigenvalue weighted by Crippen LogP contribution is -2.29. The molecule has 6 heteroatoms. The van der Waals surface area contributed by atoms with Gasteiger partial charge in [-0.3, -0.25) is 14.5 Å². The first-order chi connectivity index (χ1) is 15.6. The molecule has 0 radical (unpaired) electrons. The third kappa shape index (κ3) is 3.12. The Kier molecular flexibility index (Phi) is 4.90. The van der Waals surface area contributed by atoms with Gasteiger partial charge >= 0.3 is 0 Å². The molecule has 0 spiro atoms. The van der Waals surface area contributed by atoms with Crippen LogP contribution in [0.2, 0.25) is 0 Å². The zero-order chi connectivity index (χ0) is 22.2. The Labute approximate surface area is 184 Å². The van der Waals surface area contributed by atoms with Gasteiger partial charge in [0.25, 0.3) is 5.91 Å². The maximum Gasteiger partial charge on any atom is 0.295 e. The quantitative estimate of drug-likeness (QED) is 0.451. The van der Waals surface area contributed by atoms with Crippen molar-refractivity contribution >= 4 is 22.6 Å². The van der Waals surface area contributed by atoms with E-state index in [1.54, 1.807) is 60.5 Å². The van der Waals surface area contributed by atoms with E-state index in [1.165, 1.54) is 0 Å². The van der Waals surface area contributed by atoms with Crippen molar-refractivity contribution in [3.8, 4) is 11.5 Å². The molecule has 1 amide bonds. The number of amides is 1. The Hall–Kier alpha value is -4.06. The van der Waals surface area contributed by atoms with Crippen molar-refractivity contribution in [1.82, 2.24) is 0 Å². The summed E-state index contributed by atoms with van der Waals surface area (Å²) in [6.45, 7) is 2.47. The molecule has 160 valence electrons. The molecule has 6 nitrogen and oxygen atoms in total. The number of rotatable bonds is 5. The molecule has 0 bridgehead atoms. The third-order valence-electron chi connectivity index (χ3n) is 5.64. The highest BCUT2D eigenvalue weighted by molar-refractivity contribution is 6.10. The van der Waals surface area contributed by atoms with E-state index >= 15 is 0 Å². The van der Waals surface area contributed by atoms with Crippen molar-refractivity contribution in [2.24, 2.45) is 0 Å². The van der Waals surface area contributed by atoms with Crippen LogP contribution in [-0.4, -0.2) is 19.6 Å². The number of nitrogens with zero attached hydrogens (tertiary/aromatic N) is 1. The largest absolute Gasteiger partial charge is 0.497 e. The number of hydrogen-bond acceptors (Lipinski definition) is 5. The topological polar surface area (TPSA) is 69.0 Å². The van der Waals surface area contributed by atoms with E-state index < -0.39 is 6.04 Å². The molecule has 0 saturated carbocycles. The smallest absolute Gasteiger partial charge is 0.295 e. The molecule has 5 rings (SSSR count). The van der Waals surface area contributed by atoms with E-state index in [-0.39, 0.29) is 17.1 Å². The number of fused-ring (bicyclic) bond motifs is 2. The lowest BCUT2D eigenvalue weighted by molar-refractivity contribution is 0.0971. The number of carbonyl (C=O) groups excluding carboxylic acids is 1. The Morgan fingerprint density at radius 3 is 2.28 bits per heavy atom. The van der Waals surface area contributed by atoms with Crippen LogP contribution in [0.1, 0.15) is 34.6 Å². The number of carbonyl (C=O) groups is 1. The molecule has 1 aliphatic rings. The number of para-hydroxylation sites is 1. The number of hydrogen-bond donors (Lipinski definition) is 0. The lowest BCUT2D eigenvalue weighted by atomic mass is 9.98. The van der Waals surface area contributed by atoms with Gasteiger partial charge < -0.3 is 13.9 Å². The molecule has 2 heterocycles. The monoisotopic (exact) mass is 427 g/mol. The highest BCUT2D eigenvalue weighted by Gasteiger charge is 2.43. The highest BCUT2D eigenvalue weighted by Crippen LogP contribution is 2.41. The van der Waals surface area contributed by atoms with Crippen LogP contribution in [0.15, 0.2) is 82.0 Å². The molecule has 0 N–H and O–H groups in total. The molecular formula is C26H21NO5. The highest BCUT2D eigenvalue weighted by atomic mass is 16.5. The number of ether oxygens (including phenoxy) is 2. The van der Waals surface area contributed by atoms with E-state index in [4.69, 9.17) is 13.9 Å². The Balaban J connectivity index is 1.73.